The minimum atomic E-state index is -0.425. The third-order valence-corrected chi connectivity index (χ3v) is 2.73. The maximum absolute atomic E-state index is 10.5. The Bertz CT molecular complexity index is 407. The molecular formula is C11H14N2O2S. The number of benzene rings is 1. The molecule has 0 fully saturated rings. The summed E-state index contributed by atoms with van der Waals surface area (Å²) in [5.41, 5.74) is 0.731. The van der Waals surface area contributed by atoms with Crippen LogP contribution in [0.25, 0.3) is 0 Å². The Morgan fingerprint density at radius 2 is 1.81 bits per heavy atom. The summed E-state index contributed by atoms with van der Waals surface area (Å²) in [5.74, 6) is 0. The molecule has 0 aliphatic heterocycles. The Morgan fingerprint density at radius 1 is 1.31 bits per heavy atom. The van der Waals surface area contributed by atoms with Gasteiger partial charge in [0.25, 0.3) is 5.69 Å². The van der Waals surface area contributed by atoms with Gasteiger partial charge in [-0.15, -0.1) is 0 Å². The Labute approximate surface area is 99.8 Å². The molecule has 1 aromatic carbocycles. The first kappa shape index (κ1) is 12.6. The lowest BCUT2D eigenvalue weighted by Gasteiger charge is -2.21. The van der Waals surface area contributed by atoms with Gasteiger partial charge in [-0.25, -0.2) is 0 Å². The van der Waals surface area contributed by atoms with Gasteiger partial charge in [0.1, 0.15) is 0 Å². The summed E-state index contributed by atoms with van der Waals surface area (Å²) < 4.78 is 0. The summed E-state index contributed by atoms with van der Waals surface area (Å²) in [4.78, 5) is 10.7. The quantitative estimate of drug-likeness (QED) is 0.487. The normalized spacial score (nSPS) is 10.9. The Balaban J connectivity index is 2.77. The van der Waals surface area contributed by atoms with E-state index in [0.29, 0.717) is 4.99 Å². The fraction of sp³-hybridized carbons (Fsp3) is 0.364. The van der Waals surface area contributed by atoms with Crippen molar-refractivity contribution in [2.24, 2.45) is 5.41 Å². The van der Waals surface area contributed by atoms with E-state index >= 15 is 0 Å². The van der Waals surface area contributed by atoms with E-state index in [0.717, 1.165) is 5.69 Å². The highest BCUT2D eigenvalue weighted by Crippen LogP contribution is 2.20. The molecule has 1 rings (SSSR count). The van der Waals surface area contributed by atoms with Crippen LogP contribution in [-0.2, 0) is 0 Å². The molecule has 0 aliphatic carbocycles. The van der Waals surface area contributed by atoms with Crippen molar-refractivity contribution in [2.45, 2.75) is 20.8 Å². The number of non-ortho nitro benzene ring substituents is 1. The first-order valence-corrected chi connectivity index (χ1v) is 5.27. The highest BCUT2D eigenvalue weighted by Gasteiger charge is 2.17. The Morgan fingerprint density at radius 3 is 2.19 bits per heavy atom. The third kappa shape index (κ3) is 3.27. The second kappa shape index (κ2) is 4.57. The minimum absolute atomic E-state index is 0.0761. The number of nitro benzene ring substituents is 1. The van der Waals surface area contributed by atoms with Gasteiger partial charge >= 0.3 is 0 Å². The van der Waals surface area contributed by atoms with E-state index in [1.54, 1.807) is 12.1 Å². The van der Waals surface area contributed by atoms with E-state index in [1.165, 1.54) is 12.1 Å². The van der Waals surface area contributed by atoms with Crippen LogP contribution in [0.2, 0.25) is 0 Å². The van der Waals surface area contributed by atoms with Gasteiger partial charge in [0.05, 0.1) is 9.91 Å². The van der Waals surface area contributed by atoms with E-state index in [1.807, 2.05) is 20.8 Å². The predicted octanol–water partition coefficient (Wildman–Crippen LogP) is 3.38. The summed E-state index contributed by atoms with van der Waals surface area (Å²) >= 11 is 5.21. The van der Waals surface area contributed by atoms with E-state index in [2.05, 4.69) is 5.32 Å². The molecule has 4 nitrogen and oxygen atoms in total. The third-order valence-electron chi connectivity index (χ3n) is 2.02. The zero-order valence-electron chi connectivity index (χ0n) is 9.48. The monoisotopic (exact) mass is 238 g/mol. The lowest BCUT2D eigenvalue weighted by molar-refractivity contribution is -0.384. The van der Waals surface area contributed by atoms with Crippen LogP contribution in [0.3, 0.4) is 0 Å². The fourth-order valence-electron chi connectivity index (χ4n) is 0.985. The number of hydrogen-bond acceptors (Lipinski definition) is 3. The lowest BCUT2D eigenvalue weighted by Crippen LogP contribution is -2.25. The van der Waals surface area contributed by atoms with Gasteiger partial charge in [-0.05, 0) is 12.1 Å². The van der Waals surface area contributed by atoms with Crippen LogP contribution >= 0.6 is 12.2 Å². The van der Waals surface area contributed by atoms with Crippen molar-refractivity contribution >= 4 is 28.6 Å². The molecule has 0 bridgehead atoms. The molecule has 5 heteroatoms. The van der Waals surface area contributed by atoms with E-state index in [9.17, 15) is 10.1 Å². The molecule has 0 aromatic heterocycles. The molecule has 1 N–H and O–H groups in total. The first-order valence-electron chi connectivity index (χ1n) is 4.86. The van der Waals surface area contributed by atoms with Crippen molar-refractivity contribution in [3.8, 4) is 0 Å². The predicted molar refractivity (Wildman–Crippen MR) is 68.8 cm³/mol. The highest BCUT2D eigenvalue weighted by molar-refractivity contribution is 7.80. The number of rotatable bonds is 2. The van der Waals surface area contributed by atoms with E-state index in [4.69, 9.17) is 12.2 Å². The van der Waals surface area contributed by atoms with Crippen LogP contribution in [0, 0.1) is 15.5 Å². The van der Waals surface area contributed by atoms with Crippen LogP contribution in [0.1, 0.15) is 20.8 Å². The summed E-state index contributed by atoms with van der Waals surface area (Å²) in [6.07, 6.45) is 0. The van der Waals surface area contributed by atoms with Crippen molar-refractivity contribution in [2.75, 3.05) is 5.32 Å². The number of anilines is 1. The SMILES string of the molecule is CC(C)(C)C(=S)Nc1ccc([N+](=O)[O-])cc1. The lowest BCUT2D eigenvalue weighted by atomic mass is 9.96. The molecule has 0 atom stereocenters. The van der Waals surface area contributed by atoms with Crippen LogP contribution in [0.4, 0.5) is 11.4 Å². The van der Waals surface area contributed by atoms with Crippen LogP contribution in [0.5, 0.6) is 0 Å². The van der Waals surface area contributed by atoms with Crippen molar-refractivity contribution in [1.29, 1.82) is 0 Å². The van der Waals surface area contributed by atoms with Gasteiger partial charge in [0.2, 0.25) is 0 Å². The highest BCUT2D eigenvalue weighted by atomic mass is 32.1. The second-order valence-corrected chi connectivity index (χ2v) is 4.92. The summed E-state index contributed by atoms with van der Waals surface area (Å²) in [6, 6.07) is 6.20. The number of nitrogens with one attached hydrogen (secondary N) is 1. The van der Waals surface area contributed by atoms with Gasteiger partial charge in [0.15, 0.2) is 0 Å². The van der Waals surface area contributed by atoms with Gasteiger partial charge in [-0.1, -0.05) is 33.0 Å². The van der Waals surface area contributed by atoms with E-state index in [-0.39, 0.29) is 11.1 Å². The van der Waals surface area contributed by atoms with Crippen LogP contribution in [0.15, 0.2) is 24.3 Å². The first-order chi connectivity index (χ1) is 7.30. The molecule has 16 heavy (non-hydrogen) atoms. The molecule has 0 aliphatic rings. The molecule has 0 spiro atoms. The Kier molecular flexibility index (Phi) is 3.59. The standard InChI is InChI=1S/C11H14N2O2S/c1-11(2,3)10(16)12-8-4-6-9(7-5-8)13(14)15/h4-7H,1-3H3,(H,12,16). The molecule has 86 valence electrons. The second-order valence-electron chi connectivity index (χ2n) is 4.51. The topological polar surface area (TPSA) is 55.2 Å². The van der Waals surface area contributed by atoms with Crippen LogP contribution < -0.4 is 5.32 Å². The van der Waals surface area contributed by atoms with Gasteiger partial charge in [-0.2, -0.15) is 0 Å². The average Bonchev–Trinajstić information content (AvgIpc) is 2.17. The average molecular weight is 238 g/mol. The smallest absolute Gasteiger partial charge is 0.269 e. The van der Waals surface area contributed by atoms with Gasteiger partial charge in [0, 0.05) is 23.2 Å². The summed E-state index contributed by atoms with van der Waals surface area (Å²) in [7, 11) is 0. The zero-order chi connectivity index (χ0) is 12.3. The van der Waals surface area contributed by atoms with E-state index < -0.39 is 4.92 Å². The molecule has 1 aromatic rings. The number of thiocarbonyl (C=S) groups is 1. The van der Waals surface area contributed by atoms with Crippen LogP contribution in [-0.4, -0.2) is 9.91 Å². The molecule has 0 saturated heterocycles. The fourth-order valence-corrected chi connectivity index (χ4v) is 1.10. The summed E-state index contributed by atoms with van der Waals surface area (Å²) in [5, 5.41) is 13.5. The van der Waals surface area contributed by atoms with Crippen molar-refractivity contribution in [3.05, 3.63) is 34.4 Å². The molecular weight excluding hydrogens is 224 g/mol. The van der Waals surface area contributed by atoms with Crippen molar-refractivity contribution in [3.63, 3.8) is 0 Å². The molecule has 0 amide bonds. The number of hydrogen-bond donors (Lipinski definition) is 1. The molecule has 0 saturated carbocycles. The minimum Gasteiger partial charge on any atom is -0.350 e. The number of nitrogens with zero attached hydrogens (tertiary/aromatic N) is 1. The van der Waals surface area contributed by atoms with Crippen molar-refractivity contribution in [1.82, 2.24) is 0 Å². The molecule has 0 unspecified atom stereocenters. The van der Waals surface area contributed by atoms with Gasteiger partial charge < -0.3 is 5.32 Å². The maximum Gasteiger partial charge on any atom is 0.269 e. The maximum atomic E-state index is 10.5. The molecule has 0 radical (unpaired) electrons. The Hall–Kier alpha value is -1.49. The summed E-state index contributed by atoms with van der Waals surface area (Å²) in [6.45, 7) is 6.02. The van der Waals surface area contributed by atoms with Gasteiger partial charge in [-0.3, -0.25) is 10.1 Å². The number of nitro groups is 1. The zero-order valence-corrected chi connectivity index (χ0v) is 10.3. The largest absolute Gasteiger partial charge is 0.350 e. The molecule has 0 heterocycles. The van der Waals surface area contributed by atoms with Crippen molar-refractivity contribution < 1.29 is 4.92 Å².